The first-order chi connectivity index (χ1) is 12.4. The van der Waals surface area contributed by atoms with Gasteiger partial charge >= 0.3 is 0 Å². The van der Waals surface area contributed by atoms with Crippen LogP contribution < -0.4 is 5.32 Å². The molecule has 1 aliphatic rings. The fraction of sp³-hybridized carbons (Fsp3) is 0.278. The fourth-order valence-corrected chi connectivity index (χ4v) is 4.55. The number of halogens is 1. The Morgan fingerprint density at radius 1 is 1.00 bits per heavy atom. The van der Waals surface area contributed by atoms with Gasteiger partial charge in [0.25, 0.3) is 10.2 Å². The van der Waals surface area contributed by atoms with E-state index < -0.39 is 10.2 Å². The number of carbonyl (C=O) groups is 1. The van der Waals surface area contributed by atoms with Gasteiger partial charge in [0.05, 0.1) is 6.54 Å². The largest absolute Gasteiger partial charge is 0.351 e. The third kappa shape index (κ3) is 4.62. The molecule has 0 atom stereocenters. The molecule has 2 aromatic rings. The molecule has 0 aliphatic carbocycles. The van der Waals surface area contributed by atoms with Crippen molar-refractivity contribution in [3.05, 3.63) is 70.7 Å². The molecule has 1 N–H and O–H groups in total. The number of amides is 1. The first kappa shape index (κ1) is 18.8. The zero-order valence-corrected chi connectivity index (χ0v) is 15.7. The third-order valence-corrected chi connectivity index (χ3v) is 6.32. The van der Waals surface area contributed by atoms with Crippen molar-refractivity contribution in [2.24, 2.45) is 0 Å². The van der Waals surface area contributed by atoms with Crippen LogP contribution in [0.5, 0.6) is 0 Å². The van der Waals surface area contributed by atoms with Crippen molar-refractivity contribution in [2.45, 2.75) is 13.1 Å². The molecule has 1 amide bonds. The minimum atomic E-state index is -3.65. The first-order valence-corrected chi connectivity index (χ1v) is 10.0. The van der Waals surface area contributed by atoms with E-state index in [0.717, 1.165) is 11.1 Å². The maximum Gasteiger partial charge on any atom is 0.282 e. The summed E-state index contributed by atoms with van der Waals surface area (Å²) in [5.41, 5.74) is 1.78. The molecule has 1 fully saturated rings. The van der Waals surface area contributed by atoms with E-state index in [1.807, 2.05) is 36.4 Å². The molecule has 0 aromatic heterocycles. The molecule has 6 nitrogen and oxygen atoms in total. The summed E-state index contributed by atoms with van der Waals surface area (Å²) < 4.78 is 27.8. The van der Waals surface area contributed by atoms with E-state index in [2.05, 4.69) is 5.32 Å². The molecule has 1 aliphatic heterocycles. The molecule has 26 heavy (non-hydrogen) atoms. The van der Waals surface area contributed by atoms with E-state index in [9.17, 15) is 13.2 Å². The Bertz CT molecular complexity index is 874. The van der Waals surface area contributed by atoms with Crippen molar-refractivity contribution in [3.8, 4) is 0 Å². The van der Waals surface area contributed by atoms with Crippen LogP contribution in [-0.2, 0) is 28.1 Å². The highest BCUT2D eigenvalue weighted by molar-refractivity contribution is 7.87. The zero-order chi connectivity index (χ0) is 18.6. The van der Waals surface area contributed by atoms with Gasteiger partial charge in [-0.25, -0.2) is 0 Å². The maximum atomic E-state index is 12.6. The summed E-state index contributed by atoms with van der Waals surface area (Å²) in [4.78, 5) is 12.1. The molecule has 8 heteroatoms. The topological polar surface area (TPSA) is 69.7 Å². The molecule has 3 rings (SSSR count). The zero-order valence-electron chi connectivity index (χ0n) is 14.1. The monoisotopic (exact) mass is 393 g/mol. The average Bonchev–Trinajstić information content (AvgIpc) is 2.88. The molecule has 1 saturated heterocycles. The summed E-state index contributed by atoms with van der Waals surface area (Å²) in [6.07, 6.45) is 0. The Balaban J connectivity index is 1.57. The van der Waals surface area contributed by atoms with Crippen LogP contribution in [0.4, 0.5) is 0 Å². The number of hydrogen-bond acceptors (Lipinski definition) is 3. The lowest BCUT2D eigenvalue weighted by atomic mass is 10.2. The van der Waals surface area contributed by atoms with Crippen LogP contribution in [-0.4, -0.2) is 42.6 Å². The van der Waals surface area contributed by atoms with E-state index in [-0.39, 0.29) is 19.0 Å². The molecular weight excluding hydrogens is 374 g/mol. The van der Waals surface area contributed by atoms with E-state index >= 15 is 0 Å². The highest BCUT2D eigenvalue weighted by atomic mass is 35.5. The second kappa shape index (κ2) is 8.18. The Kier molecular flexibility index (Phi) is 5.93. The second-order valence-corrected chi connectivity index (χ2v) is 8.43. The van der Waals surface area contributed by atoms with Crippen LogP contribution >= 0.6 is 11.6 Å². The molecule has 0 saturated carbocycles. The predicted octanol–water partition coefficient (Wildman–Crippen LogP) is 2.02. The number of carbonyl (C=O) groups excluding carboxylic acids is 1. The van der Waals surface area contributed by atoms with Gasteiger partial charge < -0.3 is 5.32 Å². The summed E-state index contributed by atoms with van der Waals surface area (Å²) in [7, 11) is -3.65. The van der Waals surface area contributed by atoms with Crippen LogP contribution in [0, 0.1) is 0 Å². The summed E-state index contributed by atoms with van der Waals surface area (Å²) in [5.74, 6) is -0.318. The van der Waals surface area contributed by atoms with Gasteiger partial charge in [0.1, 0.15) is 0 Å². The molecule has 138 valence electrons. The van der Waals surface area contributed by atoms with E-state index in [0.29, 0.717) is 24.7 Å². The molecule has 2 aromatic carbocycles. The van der Waals surface area contributed by atoms with Gasteiger partial charge in [-0.1, -0.05) is 54.1 Å². The molecule has 0 spiro atoms. The lowest BCUT2D eigenvalue weighted by molar-refractivity contribution is -0.121. The lowest BCUT2D eigenvalue weighted by Gasteiger charge is -2.18. The lowest BCUT2D eigenvalue weighted by Crippen LogP contribution is -2.40. The first-order valence-electron chi connectivity index (χ1n) is 8.25. The van der Waals surface area contributed by atoms with Crippen LogP contribution in [0.25, 0.3) is 0 Å². The number of hydrogen-bond donors (Lipinski definition) is 1. The molecular formula is C18H20ClN3O3S. The van der Waals surface area contributed by atoms with Crippen molar-refractivity contribution in [1.82, 2.24) is 13.9 Å². The van der Waals surface area contributed by atoms with Crippen LogP contribution in [0.15, 0.2) is 54.6 Å². The van der Waals surface area contributed by atoms with Crippen LogP contribution in [0.3, 0.4) is 0 Å². The van der Waals surface area contributed by atoms with Crippen LogP contribution in [0.1, 0.15) is 11.1 Å². The summed E-state index contributed by atoms with van der Waals surface area (Å²) in [6, 6.07) is 16.6. The van der Waals surface area contributed by atoms with Gasteiger partial charge in [-0.05, 0) is 23.3 Å². The van der Waals surface area contributed by atoms with Crippen molar-refractivity contribution in [2.75, 3.05) is 19.6 Å². The van der Waals surface area contributed by atoms with E-state index in [4.69, 9.17) is 11.6 Å². The highest BCUT2D eigenvalue weighted by Gasteiger charge is 2.37. The van der Waals surface area contributed by atoms with Gasteiger partial charge in [0, 0.05) is 31.2 Å². The molecule has 0 bridgehead atoms. The SMILES string of the molecule is O=C(CN1CCN(Cc2cccc(Cl)c2)S1(=O)=O)NCc1ccccc1. The van der Waals surface area contributed by atoms with E-state index in [1.54, 1.807) is 18.2 Å². The number of nitrogens with zero attached hydrogens (tertiary/aromatic N) is 2. The number of rotatable bonds is 6. The Labute approximate surface area is 158 Å². The predicted molar refractivity (Wildman–Crippen MR) is 101 cm³/mol. The maximum absolute atomic E-state index is 12.6. The van der Waals surface area contributed by atoms with Gasteiger partial charge in [0.15, 0.2) is 0 Å². The van der Waals surface area contributed by atoms with E-state index in [1.165, 1.54) is 8.61 Å². The van der Waals surface area contributed by atoms with Gasteiger partial charge in [-0.3, -0.25) is 4.79 Å². The fourth-order valence-electron chi connectivity index (χ4n) is 2.79. The summed E-state index contributed by atoms with van der Waals surface area (Å²) in [6.45, 7) is 1.08. The van der Waals surface area contributed by atoms with Gasteiger partial charge in [0.2, 0.25) is 5.91 Å². The van der Waals surface area contributed by atoms with Crippen molar-refractivity contribution >= 4 is 27.7 Å². The van der Waals surface area contributed by atoms with Gasteiger partial charge in [-0.2, -0.15) is 17.0 Å². The standard InChI is InChI=1S/C18H20ClN3O3S/c19-17-8-4-7-16(11-17)13-21-9-10-22(26(21,24)25)14-18(23)20-12-15-5-2-1-3-6-15/h1-8,11H,9-10,12-14H2,(H,20,23). The van der Waals surface area contributed by atoms with Crippen molar-refractivity contribution < 1.29 is 13.2 Å². The minimum absolute atomic E-state index is 0.179. The Hall–Kier alpha value is -1.93. The Morgan fingerprint density at radius 3 is 2.42 bits per heavy atom. The summed E-state index contributed by atoms with van der Waals surface area (Å²) >= 11 is 5.95. The minimum Gasteiger partial charge on any atom is -0.351 e. The average molecular weight is 394 g/mol. The normalized spacial score (nSPS) is 17.3. The van der Waals surface area contributed by atoms with Crippen molar-refractivity contribution in [1.29, 1.82) is 0 Å². The second-order valence-electron chi connectivity index (χ2n) is 6.07. The number of nitrogens with one attached hydrogen (secondary N) is 1. The molecule has 0 radical (unpaired) electrons. The summed E-state index contributed by atoms with van der Waals surface area (Å²) in [5, 5.41) is 3.32. The highest BCUT2D eigenvalue weighted by Crippen LogP contribution is 2.20. The smallest absolute Gasteiger partial charge is 0.282 e. The quantitative estimate of drug-likeness (QED) is 0.816. The number of benzene rings is 2. The third-order valence-electron chi connectivity index (χ3n) is 4.15. The van der Waals surface area contributed by atoms with Gasteiger partial charge in [-0.15, -0.1) is 0 Å². The molecule has 0 unspecified atom stereocenters. The molecule has 1 heterocycles. The Morgan fingerprint density at radius 2 is 1.69 bits per heavy atom. The van der Waals surface area contributed by atoms with Crippen molar-refractivity contribution in [3.63, 3.8) is 0 Å². The van der Waals surface area contributed by atoms with Crippen LogP contribution in [0.2, 0.25) is 5.02 Å².